The summed E-state index contributed by atoms with van der Waals surface area (Å²) in [5, 5.41) is 0. The summed E-state index contributed by atoms with van der Waals surface area (Å²) in [5.74, 6) is 1.65. The molecule has 2 aromatic rings. The van der Waals surface area contributed by atoms with Crippen LogP contribution in [0.1, 0.15) is 112 Å². The van der Waals surface area contributed by atoms with Crippen LogP contribution < -0.4 is 0 Å². The molecule has 1 fully saturated rings. The maximum absolute atomic E-state index is 13.1. The minimum absolute atomic E-state index is 0.252. The van der Waals surface area contributed by atoms with E-state index in [9.17, 15) is 18.0 Å². The van der Waals surface area contributed by atoms with Gasteiger partial charge in [-0.05, 0) is 68.4 Å². The van der Waals surface area contributed by atoms with Crippen LogP contribution in [0.4, 0.5) is 13.2 Å². The molecular weight excluding hydrogens is 485 g/mol. The molecule has 0 amide bonds. The van der Waals surface area contributed by atoms with Crippen molar-refractivity contribution < 1.29 is 18.0 Å². The molecule has 6 heteroatoms. The zero-order valence-corrected chi connectivity index (χ0v) is 22.4. The third-order valence-corrected chi connectivity index (χ3v) is 8.36. The highest BCUT2D eigenvalue weighted by Crippen LogP contribution is 2.33. The van der Waals surface area contributed by atoms with Crippen LogP contribution in [0, 0.1) is 11.8 Å². The van der Waals surface area contributed by atoms with Crippen molar-refractivity contribution in [2.24, 2.45) is 11.8 Å². The highest BCUT2D eigenvalue weighted by molar-refractivity contribution is 5.78. The number of ketones is 1. The highest BCUT2D eigenvalue weighted by atomic mass is 19.4. The number of aromatic nitrogens is 2. The van der Waals surface area contributed by atoms with Crippen molar-refractivity contribution >= 4 is 11.9 Å². The van der Waals surface area contributed by atoms with E-state index in [0.717, 1.165) is 38.2 Å². The first kappa shape index (κ1) is 28.5. The molecule has 0 unspecified atom stereocenters. The second-order valence-corrected chi connectivity index (χ2v) is 11.2. The van der Waals surface area contributed by atoms with Crippen LogP contribution in [0.15, 0.2) is 36.7 Å². The third kappa shape index (κ3) is 8.51. The van der Waals surface area contributed by atoms with Crippen LogP contribution in [0.25, 0.3) is 6.08 Å². The SMILES string of the molecule is O=C(CCCCc1ccccc1C(F)(F)F)CCCC1CCCC(Cc2ncnc3c2C=CCC3)CCC1. The Morgan fingerprint density at radius 2 is 1.66 bits per heavy atom. The van der Waals surface area contributed by atoms with Gasteiger partial charge in [-0.25, -0.2) is 9.97 Å². The molecule has 0 bridgehead atoms. The number of nitrogens with zero attached hydrogens (tertiary/aromatic N) is 2. The molecule has 2 aliphatic carbocycles. The Kier molecular flexibility index (Phi) is 10.5. The Morgan fingerprint density at radius 1 is 0.921 bits per heavy atom. The Hall–Kier alpha value is -2.50. The summed E-state index contributed by atoms with van der Waals surface area (Å²) in [4.78, 5) is 21.5. The monoisotopic (exact) mass is 526 g/mol. The van der Waals surface area contributed by atoms with Crippen molar-refractivity contribution in [1.82, 2.24) is 9.97 Å². The van der Waals surface area contributed by atoms with E-state index >= 15 is 0 Å². The van der Waals surface area contributed by atoms with E-state index < -0.39 is 11.7 Å². The summed E-state index contributed by atoms with van der Waals surface area (Å²) in [6.45, 7) is 0. The zero-order valence-electron chi connectivity index (χ0n) is 22.4. The van der Waals surface area contributed by atoms with Gasteiger partial charge in [0.1, 0.15) is 12.1 Å². The first-order valence-corrected chi connectivity index (χ1v) is 14.6. The van der Waals surface area contributed by atoms with Gasteiger partial charge >= 0.3 is 6.18 Å². The van der Waals surface area contributed by atoms with Gasteiger partial charge in [0, 0.05) is 18.4 Å². The van der Waals surface area contributed by atoms with Gasteiger partial charge in [-0.1, -0.05) is 75.3 Å². The summed E-state index contributed by atoms with van der Waals surface area (Å²) in [7, 11) is 0. The number of halogens is 3. The number of benzene rings is 1. The lowest BCUT2D eigenvalue weighted by Gasteiger charge is -2.25. The van der Waals surface area contributed by atoms with Crippen molar-refractivity contribution in [1.29, 1.82) is 0 Å². The fraction of sp³-hybridized carbons (Fsp3) is 0.594. The molecule has 1 aromatic carbocycles. The van der Waals surface area contributed by atoms with Crippen molar-refractivity contribution in [3.05, 3.63) is 64.7 Å². The fourth-order valence-corrected chi connectivity index (χ4v) is 6.26. The predicted molar refractivity (Wildman–Crippen MR) is 146 cm³/mol. The predicted octanol–water partition coefficient (Wildman–Crippen LogP) is 8.74. The van der Waals surface area contributed by atoms with Gasteiger partial charge in [0.05, 0.1) is 17.0 Å². The number of Topliss-reactive ketones (excluding diaryl/α,β-unsaturated/α-hetero) is 1. The molecule has 0 aliphatic heterocycles. The van der Waals surface area contributed by atoms with Crippen LogP contribution in [0.2, 0.25) is 0 Å². The first-order valence-electron chi connectivity index (χ1n) is 14.6. The molecule has 206 valence electrons. The molecule has 0 atom stereocenters. The molecule has 0 saturated heterocycles. The standard InChI is InChI=1S/C32H41F3N2O/c33-32(34,35)29-20-5-2-16-26(29)15-1-3-17-27(38)18-9-12-24-10-7-13-25(14-8-11-24)22-31-28-19-4-6-21-30(28)36-23-37-31/h2,4-5,16,19-20,23-25H,1,3,6-15,17-18,21-22H2. The second kappa shape index (κ2) is 14.0. The van der Waals surface area contributed by atoms with E-state index in [1.54, 1.807) is 18.5 Å². The molecule has 38 heavy (non-hydrogen) atoms. The van der Waals surface area contributed by atoms with Gasteiger partial charge in [-0.15, -0.1) is 0 Å². The normalized spacial score (nSPS) is 20.0. The zero-order chi connectivity index (χ0) is 26.8. The molecular formula is C32H41F3N2O. The van der Waals surface area contributed by atoms with Gasteiger partial charge < -0.3 is 0 Å². The molecule has 4 rings (SSSR count). The van der Waals surface area contributed by atoms with Crippen molar-refractivity contribution in [3.63, 3.8) is 0 Å². The summed E-state index contributed by atoms with van der Waals surface area (Å²) in [6.07, 6.45) is 17.2. The number of unbranched alkanes of at least 4 members (excludes halogenated alkanes) is 1. The van der Waals surface area contributed by atoms with E-state index in [1.165, 1.54) is 61.5 Å². The van der Waals surface area contributed by atoms with Gasteiger partial charge in [0.15, 0.2) is 0 Å². The number of carbonyl (C=O) groups excluding carboxylic acids is 1. The summed E-state index contributed by atoms with van der Waals surface area (Å²) < 4.78 is 39.4. The number of hydrogen-bond acceptors (Lipinski definition) is 3. The van der Waals surface area contributed by atoms with E-state index in [4.69, 9.17) is 0 Å². The molecule has 1 aromatic heterocycles. The topological polar surface area (TPSA) is 42.9 Å². The molecule has 2 aliphatic rings. The summed E-state index contributed by atoms with van der Waals surface area (Å²) in [6, 6.07) is 5.75. The Bertz CT molecular complexity index is 1070. The number of allylic oxidation sites excluding steroid dienone is 1. The van der Waals surface area contributed by atoms with Crippen LogP contribution in [-0.4, -0.2) is 15.8 Å². The fourth-order valence-electron chi connectivity index (χ4n) is 6.26. The minimum Gasteiger partial charge on any atom is -0.300 e. The number of hydrogen-bond donors (Lipinski definition) is 0. The first-order chi connectivity index (χ1) is 18.4. The lowest BCUT2D eigenvalue weighted by molar-refractivity contribution is -0.138. The van der Waals surface area contributed by atoms with Crippen molar-refractivity contribution in [3.8, 4) is 0 Å². The Balaban J connectivity index is 1.10. The number of alkyl halides is 3. The van der Waals surface area contributed by atoms with Crippen molar-refractivity contribution in [2.75, 3.05) is 0 Å². The lowest BCUT2D eigenvalue weighted by atomic mass is 9.81. The quantitative estimate of drug-likeness (QED) is 0.275. The van der Waals surface area contributed by atoms with Crippen LogP contribution >= 0.6 is 0 Å². The second-order valence-electron chi connectivity index (χ2n) is 11.2. The smallest absolute Gasteiger partial charge is 0.300 e. The van der Waals surface area contributed by atoms with Gasteiger partial charge in [0.25, 0.3) is 0 Å². The molecule has 1 heterocycles. The Labute approximate surface area is 225 Å². The van der Waals surface area contributed by atoms with E-state index in [2.05, 4.69) is 22.1 Å². The largest absolute Gasteiger partial charge is 0.416 e. The molecule has 0 spiro atoms. The average molecular weight is 527 g/mol. The molecule has 0 N–H and O–H groups in total. The van der Waals surface area contributed by atoms with Gasteiger partial charge in [0.2, 0.25) is 0 Å². The summed E-state index contributed by atoms with van der Waals surface area (Å²) in [5.41, 5.74) is 3.45. The average Bonchev–Trinajstić information content (AvgIpc) is 2.89. The van der Waals surface area contributed by atoms with E-state index in [0.29, 0.717) is 49.5 Å². The van der Waals surface area contributed by atoms with Crippen molar-refractivity contribution in [2.45, 2.75) is 109 Å². The van der Waals surface area contributed by atoms with Crippen LogP contribution in [0.3, 0.4) is 0 Å². The number of fused-ring (bicyclic) bond motifs is 1. The van der Waals surface area contributed by atoms with Gasteiger partial charge in [-0.3, -0.25) is 4.79 Å². The molecule has 1 saturated carbocycles. The number of rotatable bonds is 11. The maximum atomic E-state index is 13.1. The molecule has 3 nitrogen and oxygen atoms in total. The number of carbonyl (C=O) groups is 1. The van der Waals surface area contributed by atoms with Crippen LogP contribution in [0.5, 0.6) is 0 Å². The number of aryl methyl sites for hydroxylation is 2. The van der Waals surface area contributed by atoms with Gasteiger partial charge in [-0.2, -0.15) is 13.2 Å². The summed E-state index contributed by atoms with van der Waals surface area (Å²) >= 11 is 0. The molecule has 0 radical (unpaired) electrons. The van der Waals surface area contributed by atoms with E-state index in [-0.39, 0.29) is 5.78 Å². The lowest BCUT2D eigenvalue weighted by Crippen LogP contribution is -2.14. The van der Waals surface area contributed by atoms with E-state index in [1.807, 2.05) is 0 Å². The maximum Gasteiger partial charge on any atom is 0.416 e. The Morgan fingerprint density at radius 3 is 2.45 bits per heavy atom. The van der Waals surface area contributed by atoms with Crippen LogP contribution in [-0.2, 0) is 30.2 Å². The highest BCUT2D eigenvalue weighted by Gasteiger charge is 2.32. The third-order valence-electron chi connectivity index (χ3n) is 8.36. The minimum atomic E-state index is -4.32.